The van der Waals surface area contributed by atoms with Gasteiger partial charge in [0.2, 0.25) is 5.91 Å². The van der Waals surface area contributed by atoms with Crippen molar-refractivity contribution in [3.63, 3.8) is 0 Å². The number of thioether (sulfide) groups is 1. The number of amides is 1. The van der Waals surface area contributed by atoms with Gasteiger partial charge in [-0.3, -0.25) is 9.59 Å². The molecule has 0 fully saturated rings. The van der Waals surface area contributed by atoms with Gasteiger partial charge in [-0.25, -0.2) is 0 Å². The van der Waals surface area contributed by atoms with Gasteiger partial charge in [-0.15, -0.1) is 11.8 Å². The fraction of sp³-hybridized carbons (Fsp3) is 0.238. The fourth-order valence-corrected chi connectivity index (χ4v) is 3.74. The van der Waals surface area contributed by atoms with Crippen LogP contribution in [-0.2, 0) is 17.0 Å². The van der Waals surface area contributed by atoms with Crippen molar-refractivity contribution in [1.82, 2.24) is 4.98 Å². The van der Waals surface area contributed by atoms with Gasteiger partial charge in [0, 0.05) is 39.1 Å². The van der Waals surface area contributed by atoms with Gasteiger partial charge in [0.15, 0.2) is 5.43 Å². The summed E-state index contributed by atoms with van der Waals surface area (Å²) in [5.41, 5.74) is 4.36. The van der Waals surface area contributed by atoms with E-state index in [0.717, 1.165) is 34.4 Å². The van der Waals surface area contributed by atoms with Crippen molar-refractivity contribution in [3.8, 4) is 0 Å². The predicted octanol–water partition coefficient (Wildman–Crippen LogP) is 4.92. The lowest BCUT2D eigenvalue weighted by atomic mass is 10.1. The van der Waals surface area contributed by atoms with Gasteiger partial charge in [-0.1, -0.05) is 30.7 Å². The number of rotatable bonds is 6. The summed E-state index contributed by atoms with van der Waals surface area (Å²) in [4.78, 5) is 27.8. The molecule has 0 radical (unpaired) electrons. The van der Waals surface area contributed by atoms with Crippen LogP contribution in [0.1, 0.15) is 23.7 Å². The van der Waals surface area contributed by atoms with Crippen molar-refractivity contribution in [3.05, 3.63) is 74.5 Å². The van der Waals surface area contributed by atoms with Gasteiger partial charge >= 0.3 is 0 Å². The Morgan fingerprint density at radius 3 is 2.81 bits per heavy atom. The number of hydrogen-bond donors (Lipinski definition) is 2. The fourth-order valence-electron chi connectivity index (χ4n) is 2.83. The second-order valence-corrected chi connectivity index (χ2v) is 7.74. The van der Waals surface area contributed by atoms with Crippen molar-refractivity contribution >= 4 is 45.9 Å². The molecule has 1 amide bonds. The third kappa shape index (κ3) is 4.73. The van der Waals surface area contributed by atoms with E-state index in [0.29, 0.717) is 21.9 Å². The van der Waals surface area contributed by atoms with Gasteiger partial charge < -0.3 is 10.3 Å². The van der Waals surface area contributed by atoms with Crippen LogP contribution in [0.2, 0.25) is 5.02 Å². The van der Waals surface area contributed by atoms with Crippen LogP contribution < -0.4 is 10.7 Å². The average molecular weight is 401 g/mol. The van der Waals surface area contributed by atoms with E-state index in [1.807, 2.05) is 37.3 Å². The van der Waals surface area contributed by atoms with Crippen LogP contribution in [-0.4, -0.2) is 16.6 Å². The molecule has 0 spiro atoms. The van der Waals surface area contributed by atoms with Crippen LogP contribution in [0, 0.1) is 6.92 Å². The molecule has 0 aliphatic carbocycles. The van der Waals surface area contributed by atoms with E-state index in [2.05, 4.69) is 17.2 Å². The third-order valence-electron chi connectivity index (χ3n) is 4.39. The zero-order chi connectivity index (χ0) is 19.4. The zero-order valence-corrected chi connectivity index (χ0v) is 16.8. The lowest BCUT2D eigenvalue weighted by molar-refractivity contribution is -0.113. The van der Waals surface area contributed by atoms with Crippen LogP contribution in [0.15, 0.2) is 47.3 Å². The highest BCUT2D eigenvalue weighted by atomic mass is 35.5. The molecule has 6 heteroatoms. The monoisotopic (exact) mass is 400 g/mol. The zero-order valence-electron chi connectivity index (χ0n) is 15.3. The first-order valence-electron chi connectivity index (χ1n) is 8.75. The van der Waals surface area contributed by atoms with Crippen molar-refractivity contribution in [2.24, 2.45) is 0 Å². The van der Waals surface area contributed by atoms with Crippen LogP contribution in [0.25, 0.3) is 10.9 Å². The summed E-state index contributed by atoms with van der Waals surface area (Å²) >= 11 is 7.53. The Hall–Kier alpha value is -2.24. The molecule has 2 aromatic carbocycles. The molecule has 1 aromatic heterocycles. The van der Waals surface area contributed by atoms with E-state index in [-0.39, 0.29) is 11.3 Å². The maximum atomic E-state index is 12.4. The first kappa shape index (κ1) is 19.5. The van der Waals surface area contributed by atoms with Gasteiger partial charge in [0.25, 0.3) is 0 Å². The maximum Gasteiger partial charge on any atom is 0.234 e. The number of H-pyrrole nitrogens is 1. The van der Waals surface area contributed by atoms with Crippen molar-refractivity contribution in [1.29, 1.82) is 0 Å². The molecule has 0 saturated heterocycles. The largest absolute Gasteiger partial charge is 0.357 e. The number of hydrogen-bond acceptors (Lipinski definition) is 3. The number of halogens is 1. The summed E-state index contributed by atoms with van der Waals surface area (Å²) in [6.45, 7) is 3.94. The van der Waals surface area contributed by atoms with Crippen LogP contribution in [0.4, 0.5) is 5.69 Å². The summed E-state index contributed by atoms with van der Waals surface area (Å²) in [5.74, 6) is 0.754. The quantitative estimate of drug-likeness (QED) is 0.617. The van der Waals surface area contributed by atoms with E-state index in [9.17, 15) is 9.59 Å². The normalized spacial score (nSPS) is 10.9. The minimum absolute atomic E-state index is 0.00801. The Balaban J connectivity index is 1.62. The minimum Gasteiger partial charge on any atom is -0.357 e. The number of aromatic amines is 1. The molecular weight excluding hydrogens is 380 g/mol. The predicted molar refractivity (Wildman–Crippen MR) is 115 cm³/mol. The van der Waals surface area contributed by atoms with Crippen molar-refractivity contribution in [2.45, 2.75) is 26.0 Å². The van der Waals surface area contributed by atoms with Gasteiger partial charge in [-0.05, 0) is 48.7 Å². The Kier molecular flexibility index (Phi) is 6.24. The van der Waals surface area contributed by atoms with E-state index >= 15 is 0 Å². The Morgan fingerprint density at radius 2 is 2.04 bits per heavy atom. The molecular formula is C21H21ClN2O2S. The van der Waals surface area contributed by atoms with Gasteiger partial charge in [-0.2, -0.15) is 0 Å². The molecule has 4 nitrogen and oxygen atoms in total. The first-order chi connectivity index (χ1) is 13.0. The molecule has 0 atom stereocenters. The molecule has 3 aromatic rings. The van der Waals surface area contributed by atoms with Crippen LogP contribution >= 0.6 is 23.4 Å². The van der Waals surface area contributed by atoms with Gasteiger partial charge in [0.05, 0.1) is 5.75 Å². The standard InChI is InChI=1S/C21H21ClN2O2S/c1-3-14-7-8-19-16(9-14)20(25)10-15(23-19)11-27-12-21(26)24-18-6-4-5-17(22)13(18)2/h4-10H,3,11-12H2,1-2H3,(H,23,25)(H,24,26). The number of anilines is 1. The summed E-state index contributed by atoms with van der Waals surface area (Å²) in [6, 6.07) is 13.0. The summed E-state index contributed by atoms with van der Waals surface area (Å²) in [5, 5.41) is 4.21. The van der Waals surface area contributed by atoms with Crippen molar-refractivity contribution in [2.75, 3.05) is 11.1 Å². The van der Waals surface area contributed by atoms with Crippen LogP contribution in [0.3, 0.4) is 0 Å². The topological polar surface area (TPSA) is 62.0 Å². The minimum atomic E-state index is -0.0962. The highest BCUT2D eigenvalue weighted by Gasteiger charge is 2.08. The molecule has 0 unspecified atom stereocenters. The second-order valence-electron chi connectivity index (χ2n) is 6.35. The Morgan fingerprint density at radius 1 is 1.22 bits per heavy atom. The molecule has 2 N–H and O–H groups in total. The number of fused-ring (bicyclic) bond motifs is 1. The first-order valence-corrected chi connectivity index (χ1v) is 10.3. The Labute approximate surface area is 167 Å². The number of carbonyl (C=O) groups excluding carboxylic acids is 1. The van der Waals surface area contributed by atoms with E-state index in [1.54, 1.807) is 12.1 Å². The van der Waals surface area contributed by atoms with E-state index in [1.165, 1.54) is 11.8 Å². The van der Waals surface area contributed by atoms with E-state index < -0.39 is 0 Å². The smallest absolute Gasteiger partial charge is 0.234 e. The average Bonchev–Trinajstić information content (AvgIpc) is 2.65. The summed E-state index contributed by atoms with van der Waals surface area (Å²) in [6.07, 6.45) is 0.897. The summed E-state index contributed by atoms with van der Waals surface area (Å²) < 4.78 is 0. The molecule has 140 valence electrons. The second kappa shape index (κ2) is 8.63. The SMILES string of the molecule is CCc1ccc2[nH]c(CSCC(=O)Nc3cccc(Cl)c3C)cc(=O)c2c1. The molecule has 27 heavy (non-hydrogen) atoms. The molecule has 1 heterocycles. The lowest BCUT2D eigenvalue weighted by Crippen LogP contribution is -2.15. The number of carbonyl (C=O) groups is 1. The lowest BCUT2D eigenvalue weighted by Gasteiger charge is -2.09. The Bertz CT molecular complexity index is 1050. The highest BCUT2D eigenvalue weighted by molar-refractivity contribution is 7.99. The number of benzene rings is 2. The number of aryl methyl sites for hydroxylation is 1. The molecule has 0 bridgehead atoms. The number of pyridine rings is 1. The molecule has 0 saturated carbocycles. The van der Waals surface area contributed by atoms with Crippen LogP contribution in [0.5, 0.6) is 0 Å². The highest BCUT2D eigenvalue weighted by Crippen LogP contribution is 2.23. The maximum absolute atomic E-state index is 12.4. The molecule has 0 aliphatic heterocycles. The molecule has 3 rings (SSSR count). The number of nitrogens with one attached hydrogen (secondary N) is 2. The number of aromatic nitrogens is 1. The third-order valence-corrected chi connectivity index (χ3v) is 5.78. The van der Waals surface area contributed by atoms with E-state index in [4.69, 9.17) is 11.6 Å². The van der Waals surface area contributed by atoms with Crippen molar-refractivity contribution < 1.29 is 4.79 Å². The summed E-state index contributed by atoms with van der Waals surface area (Å²) in [7, 11) is 0. The molecule has 0 aliphatic rings. The van der Waals surface area contributed by atoms with Gasteiger partial charge in [0.1, 0.15) is 0 Å².